The summed E-state index contributed by atoms with van der Waals surface area (Å²) < 4.78 is 0. The summed E-state index contributed by atoms with van der Waals surface area (Å²) in [7, 11) is 4.40. The zero-order chi connectivity index (χ0) is 13.7. The highest BCUT2D eigenvalue weighted by atomic mass is 15.1. The molecule has 3 unspecified atom stereocenters. The Morgan fingerprint density at radius 3 is 2.17 bits per heavy atom. The SMILES string of the molecule is CC(C)C1CCCCC1NCC(C(C)C)N(C)C. The molecule has 0 spiro atoms. The van der Waals surface area contributed by atoms with Gasteiger partial charge in [-0.1, -0.05) is 40.5 Å². The fraction of sp³-hybridized carbons (Fsp3) is 1.00. The van der Waals surface area contributed by atoms with Gasteiger partial charge in [0.1, 0.15) is 0 Å². The normalized spacial score (nSPS) is 27.2. The van der Waals surface area contributed by atoms with Crippen LogP contribution in [0.15, 0.2) is 0 Å². The molecular formula is C16H34N2. The smallest absolute Gasteiger partial charge is 0.0237 e. The lowest BCUT2D eigenvalue weighted by Gasteiger charge is -2.37. The van der Waals surface area contributed by atoms with Crippen LogP contribution in [0.4, 0.5) is 0 Å². The summed E-state index contributed by atoms with van der Waals surface area (Å²) in [6.07, 6.45) is 5.64. The largest absolute Gasteiger partial charge is 0.312 e. The molecule has 0 aromatic rings. The maximum absolute atomic E-state index is 3.87. The van der Waals surface area contributed by atoms with Crippen molar-refractivity contribution in [2.24, 2.45) is 17.8 Å². The number of nitrogens with one attached hydrogen (secondary N) is 1. The molecule has 1 fully saturated rings. The van der Waals surface area contributed by atoms with Gasteiger partial charge in [-0.25, -0.2) is 0 Å². The quantitative estimate of drug-likeness (QED) is 0.782. The molecule has 0 saturated heterocycles. The number of hydrogen-bond acceptors (Lipinski definition) is 2. The van der Waals surface area contributed by atoms with Gasteiger partial charge in [-0.05, 0) is 44.7 Å². The summed E-state index contributed by atoms with van der Waals surface area (Å²) in [5.74, 6) is 2.42. The van der Waals surface area contributed by atoms with Crippen LogP contribution in [-0.2, 0) is 0 Å². The summed E-state index contributed by atoms with van der Waals surface area (Å²) >= 11 is 0. The van der Waals surface area contributed by atoms with Crippen LogP contribution in [0.3, 0.4) is 0 Å². The van der Waals surface area contributed by atoms with E-state index in [4.69, 9.17) is 0 Å². The maximum atomic E-state index is 3.87. The van der Waals surface area contributed by atoms with Crippen molar-refractivity contribution in [3.8, 4) is 0 Å². The van der Waals surface area contributed by atoms with E-state index in [1.807, 2.05) is 0 Å². The third kappa shape index (κ3) is 4.55. The van der Waals surface area contributed by atoms with E-state index in [-0.39, 0.29) is 0 Å². The van der Waals surface area contributed by atoms with Crippen molar-refractivity contribution >= 4 is 0 Å². The van der Waals surface area contributed by atoms with Crippen molar-refractivity contribution in [1.29, 1.82) is 0 Å². The van der Waals surface area contributed by atoms with Gasteiger partial charge in [-0.2, -0.15) is 0 Å². The van der Waals surface area contributed by atoms with E-state index in [2.05, 4.69) is 52.0 Å². The Morgan fingerprint density at radius 2 is 1.67 bits per heavy atom. The number of hydrogen-bond donors (Lipinski definition) is 1. The van der Waals surface area contributed by atoms with E-state index in [9.17, 15) is 0 Å². The molecule has 0 aliphatic heterocycles. The van der Waals surface area contributed by atoms with Gasteiger partial charge in [-0.15, -0.1) is 0 Å². The Balaban J connectivity index is 2.48. The lowest BCUT2D eigenvalue weighted by atomic mass is 9.77. The number of likely N-dealkylation sites (N-methyl/N-ethyl adjacent to an activating group) is 1. The van der Waals surface area contributed by atoms with Gasteiger partial charge < -0.3 is 10.2 Å². The first-order chi connectivity index (χ1) is 8.43. The van der Waals surface area contributed by atoms with Gasteiger partial charge in [-0.3, -0.25) is 0 Å². The molecule has 2 nitrogen and oxygen atoms in total. The molecule has 1 rings (SSSR count). The van der Waals surface area contributed by atoms with Gasteiger partial charge in [0.25, 0.3) is 0 Å². The minimum absolute atomic E-state index is 0.653. The van der Waals surface area contributed by atoms with Crippen LogP contribution < -0.4 is 5.32 Å². The Morgan fingerprint density at radius 1 is 1.06 bits per heavy atom. The van der Waals surface area contributed by atoms with E-state index in [0.717, 1.165) is 24.4 Å². The first-order valence-corrected chi connectivity index (χ1v) is 7.83. The molecule has 108 valence electrons. The maximum Gasteiger partial charge on any atom is 0.0237 e. The van der Waals surface area contributed by atoms with Crippen molar-refractivity contribution in [3.05, 3.63) is 0 Å². The zero-order valence-corrected chi connectivity index (χ0v) is 13.4. The third-order valence-electron chi connectivity index (χ3n) is 4.70. The van der Waals surface area contributed by atoms with Crippen molar-refractivity contribution < 1.29 is 0 Å². The average Bonchev–Trinajstić information content (AvgIpc) is 2.28. The molecule has 0 heterocycles. The van der Waals surface area contributed by atoms with E-state index in [1.165, 1.54) is 25.7 Å². The highest BCUT2D eigenvalue weighted by molar-refractivity contribution is 4.85. The minimum Gasteiger partial charge on any atom is -0.312 e. The molecule has 2 heteroatoms. The van der Waals surface area contributed by atoms with Crippen LogP contribution in [0.2, 0.25) is 0 Å². The Hall–Kier alpha value is -0.0800. The second kappa shape index (κ2) is 7.49. The summed E-state index contributed by atoms with van der Waals surface area (Å²) in [4.78, 5) is 2.37. The van der Waals surface area contributed by atoms with Crippen molar-refractivity contribution in [2.75, 3.05) is 20.6 Å². The van der Waals surface area contributed by atoms with Crippen LogP contribution >= 0.6 is 0 Å². The van der Waals surface area contributed by atoms with E-state index < -0.39 is 0 Å². The first kappa shape index (κ1) is 16.0. The van der Waals surface area contributed by atoms with Gasteiger partial charge in [0, 0.05) is 18.6 Å². The predicted octanol–water partition coefficient (Wildman–Crippen LogP) is 3.38. The highest BCUT2D eigenvalue weighted by Crippen LogP contribution is 2.30. The molecule has 0 aromatic carbocycles. The lowest BCUT2D eigenvalue weighted by molar-refractivity contribution is 0.171. The van der Waals surface area contributed by atoms with Crippen LogP contribution in [0, 0.1) is 17.8 Å². The minimum atomic E-state index is 0.653. The van der Waals surface area contributed by atoms with E-state index >= 15 is 0 Å². The lowest BCUT2D eigenvalue weighted by Crippen LogP contribution is -2.48. The number of nitrogens with zero attached hydrogens (tertiary/aromatic N) is 1. The van der Waals surface area contributed by atoms with Gasteiger partial charge in [0.05, 0.1) is 0 Å². The monoisotopic (exact) mass is 254 g/mol. The van der Waals surface area contributed by atoms with Crippen molar-refractivity contribution in [3.63, 3.8) is 0 Å². The molecule has 0 bridgehead atoms. The van der Waals surface area contributed by atoms with Gasteiger partial charge in [0.15, 0.2) is 0 Å². The second-order valence-electron chi connectivity index (χ2n) is 6.98. The highest BCUT2D eigenvalue weighted by Gasteiger charge is 2.28. The molecule has 0 radical (unpaired) electrons. The number of rotatable bonds is 6. The van der Waals surface area contributed by atoms with Crippen LogP contribution in [0.1, 0.15) is 53.4 Å². The van der Waals surface area contributed by atoms with Crippen LogP contribution in [0.25, 0.3) is 0 Å². The van der Waals surface area contributed by atoms with Gasteiger partial charge >= 0.3 is 0 Å². The second-order valence-corrected chi connectivity index (χ2v) is 6.98. The fourth-order valence-electron chi connectivity index (χ4n) is 3.50. The molecule has 18 heavy (non-hydrogen) atoms. The zero-order valence-electron chi connectivity index (χ0n) is 13.4. The third-order valence-corrected chi connectivity index (χ3v) is 4.70. The summed E-state index contributed by atoms with van der Waals surface area (Å²) in [5.41, 5.74) is 0. The standard InChI is InChI=1S/C16H34N2/c1-12(2)14-9-7-8-10-15(14)17-11-16(13(3)4)18(5)6/h12-17H,7-11H2,1-6H3. The van der Waals surface area contributed by atoms with E-state index in [0.29, 0.717) is 12.0 Å². The van der Waals surface area contributed by atoms with Crippen molar-refractivity contribution in [2.45, 2.75) is 65.5 Å². The Labute approximate surface area is 115 Å². The van der Waals surface area contributed by atoms with Crippen LogP contribution in [-0.4, -0.2) is 37.6 Å². The summed E-state index contributed by atoms with van der Waals surface area (Å²) in [6, 6.07) is 1.40. The molecule has 0 amide bonds. The molecule has 1 N–H and O–H groups in total. The van der Waals surface area contributed by atoms with Gasteiger partial charge in [0.2, 0.25) is 0 Å². The first-order valence-electron chi connectivity index (χ1n) is 7.83. The summed E-state index contributed by atoms with van der Waals surface area (Å²) in [6.45, 7) is 10.6. The Bertz CT molecular complexity index is 215. The molecule has 1 aliphatic carbocycles. The fourth-order valence-corrected chi connectivity index (χ4v) is 3.50. The average molecular weight is 254 g/mol. The Kier molecular flexibility index (Phi) is 6.65. The molecule has 0 aromatic heterocycles. The molecule has 1 saturated carbocycles. The van der Waals surface area contributed by atoms with Crippen LogP contribution in [0.5, 0.6) is 0 Å². The molecule has 1 aliphatic rings. The van der Waals surface area contributed by atoms with E-state index in [1.54, 1.807) is 0 Å². The molecule has 3 atom stereocenters. The van der Waals surface area contributed by atoms with Crippen molar-refractivity contribution in [1.82, 2.24) is 10.2 Å². The molecular weight excluding hydrogens is 220 g/mol. The summed E-state index contributed by atoms with van der Waals surface area (Å²) in [5, 5.41) is 3.87. The predicted molar refractivity (Wildman–Crippen MR) is 80.9 cm³/mol. The topological polar surface area (TPSA) is 15.3 Å².